The predicted octanol–water partition coefficient (Wildman–Crippen LogP) is 2.15. The number of rotatable bonds is 33. The molecule has 14 nitrogen and oxygen atoms in total. The molecule has 0 aliphatic rings. The molecule has 270 valence electrons. The average Bonchev–Trinajstić information content (AvgIpc) is 3.05. The van der Waals surface area contributed by atoms with Crippen LogP contribution in [-0.4, -0.2) is 90.3 Å². The lowest BCUT2D eigenvalue weighted by Gasteiger charge is -2.19. The summed E-state index contributed by atoms with van der Waals surface area (Å²) >= 11 is 0. The first-order valence-electron chi connectivity index (χ1n) is 17.3. The molecule has 14 heteroatoms. The Labute approximate surface area is 277 Å². The van der Waals surface area contributed by atoms with Gasteiger partial charge in [-0.05, 0) is 51.4 Å². The van der Waals surface area contributed by atoms with Crippen LogP contribution in [0.25, 0.3) is 0 Å². The third-order valence-corrected chi connectivity index (χ3v) is 7.44. The Bertz CT molecular complexity index is 777. The fraction of sp³-hybridized carbons (Fsp3) is 0.875. The molecule has 0 saturated carbocycles. The van der Waals surface area contributed by atoms with Crippen LogP contribution >= 0.6 is 0 Å². The molecule has 0 aromatic rings. The minimum absolute atomic E-state index is 0.0823. The Morgan fingerprint density at radius 2 is 0.913 bits per heavy atom. The van der Waals surface area contributed by atoms with Gasteiger partial charge in [0.1, 0.15) is 6.04 Å². The summed E-state index contributed by atoms with van der Waals surface area (Å²) in [5.74, 6) is -1.17. The molecule has 0 aliphatic carbocycles. The highest BCUT2D eigenvalue weighted by molar-refractivity contribution is 5.88. The molecule has 0 fully saturated rings. The Hall–Kier alpha value is -2.36. The Balaban J connectivity index is 4.58. The summed E-state index contributed by atoms with van der Waals surface area (Å²) < 4.78 is 0. The van der Waals surface area contributed by atoms with Gasteiger partial charge in [0.25, 0.3) is 0 Å². The molecule has 46 heavy (non-hydrogen) atoms. The van der Waals surface area contributed by atoms with E-state index in [1.807, 2.05) is 0 Å². The summed E-state index contributed by atoms with van der Waals surface area (Å²) in [6.45, 7) is 5.42. The normalized spacial score (nSPS) is 12.3. The monoisotopic (exact) mass is 659 g/mol. The SMILES string of the molecule is CNOCCCCCCNC(=O)CCC(NC(=O)CCC(C)C(=O)NCCCCCCONC)C(=O)NCCCCCCONC. The Morgan fingerprint density at radius 3 is 1.39 bits per heavy atom. The summed E-state index contributed by atoms with van der Waals surface area (Å²) in [7, 11) is 5.20. The third-order valence-electron chi connectivity index (χ3n) is 7.44. The second-order valence-electron chi connectivity index (χ2n) is 11.4. The van der Waals surface area contributed by atoms with E-state index < -0.39 is 6.04 Å². The van der Waals surface area contributed by atoms with Gasteiger partial charge in [-0.15, -0.1) is 0 Å². The van der Waals surface area contributed by atoms with Crippen LogP contribution in [0.15, 0.2) is 0 Å². The molecule has 4 amide bonds. The second kappa shape index (κ2) is 32.6. The van der Waals surface area contributed by atoms with Crippen LogP contribution in [0, 0.1) is 5.92 Å². The van der Waals surface area contributed by atoms with Crippen molar-refractivity contribution in [3.05, 3.63) is 0 Å². The molecule has 0 aliphatic heterocycles. The fourth-order valence-corrected chi connectivity index (χ4v) is 4.59. The third kappa shape index (κ3) is 27.9. The summed E-state index contributed by atoms with van der Waals surface area (Å²) in [5, 5.41) is 11.6. The van der Waals surface area contributed by atoms with Gasteiger partial charge in [0.15, 0.2) is 0 Å². The highest BCUT2D eigenvalue weighted by Gasteiger charge is 2.22. The van der Waals surface area contributed by atoms with Crippen molar-refractivity contribution >= 4 is 23.6 Å². The highest BCUT2D eigenvalue weighted by atomic mass is 16.6. The van der Waals surface area contributed by atoms with E-state index >= 15 is 0 Å². The van der Waals surface area contributed by atoms with Crippen molar-refractivity contribution in [2.45, 2.75) is 116 Å². The number of hydroxylamine groups is 3. The number of amides is 4. The molecule has 0 aromatic carbocycles. The maximum atomic E-state index is 13.0. The van der Waals surface area contributed by atoms with E-state index in [9.17, 15) is 19.2 Å². The molecule has 0 heterocycles. The maximum absolute atomic E-state index is 13.0. The van der Waals surface area contributed by atoms with Crippen molar-refractivity contribution in [1.29, 1.82) is 0 Å². The number of unbranched alkanes of at least 4 members (excludes halogenated alkanes) is 9. The van der Waals surface area contributed by atoms with Gasteiger partial charge in [-0.3, -0.25) is 19.2 Å². The second-order valence-corrected chi connectivity index (χ2v) is 11.4. The smallest absolute Gasteiger partial charge is 0.242 e. The van der Waals surface area contributed by atoms with Gasteiger partial charge < -0.3 is 35.8 Å². The Morgan fingerprint density at radius 1 is 0.500 bits per heavy atom. The standard InChI is InChI=1S/C32H65N7O7/c1-27(31(42)37-22-12-6-9-15-25-45-34-3)17-19-30(41)39-28(32(43)38-23-13-7-10-16-26-46-35-4)18-20-29(40)36-21-11-5-8-14-24-44-33-2/h27-28,33-35H,5-26H2,1-4H3,(H,36,40)(H,37,42)(H,38,43)(H,39,41). The molecule has 2 atom stereocenters. The van der Waals surface area contributed by atoms with E-state index in [1.165, 1.54) is 0 Å². The lowest BCUT2D eigenvalue weighted by atomic mass is 10.0. The largest absolute Gasteiger partial charge is 0.356 e. The molecule has 0 saturated heterocycles. The van der Waals surface area contributed by atoms with Gasteiger partial charge in [0.05, 0.1) is 19.8 Å². The number of carbonyl (C=O) groups excluding carboxylic acids is 4. The van der Waals surface area contributed by atoms with Crippen LogP contribution in [0.2, 0.25) is 0 Å². The van der Waals surface area contributed by atoms with E-state index in [-0.39, 0.29) is 48.8 Å². The van der Waals surface area contributed by atoms with E-state index in [0.29, 0.717) is 45.9 Å². The molecule has 0 radical (unpaired) electrons. The van der Waals surface area contributed by atoms with Gasteiger partial charge in [0.2, 0.25) is 23.6 Å². The van der Waals surface area contributed by atoms with Crippen molar-refractivity contribution in [2.24, 2.45) is 5.92 Å². The molecular weight excluding hydrogens is 594 g/mol. The fourth-order valence-electron chi connectivity index (χ4n) is 4.59. The van der Waals surface area contributed by atoms with Crippen LogP contribution in [0.4, 0.5) is 0 Å². The summed E-state index contributed by atoms with van der Waals surface area (Å²) in [6.07, 6.45) is 12.2. The number of nitrogens with one attached hydrogen (secondary N) is 7. The molecule has 0 spiro atoms. The zero-order valence-electron chi connectivity index (χ0n) is 29.1. The maximum Gasteiger partial charge on any atom is 0.242 e. The van der Waals surface area contributed by atoms with Gasteiger partial charge in [-0.2, -0.15) is 0 Å². The molecule has 0 rings (SSSR count). The van der Waals surface area contributed by atoms with E-state index in [4.69, 9.17) is 14.5 Å². The summed E-state index contributed by atoms with van der Waals surface area (Å²) in [4.78, 5) is 66.0. The van der Waals surface area contributed by atoms with E-state index in [1.54, 1.807) is 28.1 Å². The van der Waals surface area contributed by atoms with Crippen LogP contribution < -0.4 is 37.7 Å². The van der Waals surface area contributed by atoms with Crippen molar-refractivity contribution < 1.29 is 33.7 Å². The minimum Gasteiger partial charge on any atom is -0.356 e. The highest BCUT2D eigenvalue weighted by Crippen LogP contribution is 2.08. The lowest BCUT2D eigenvalue weighted by molar-refractivity contribution is -0.130. The van der Waals surface area contributed by atoms with Gasteiger partial charge in [-0.25, -0.2) is 16.4 Å². The van der Waals surface area contributed by atoms with Crippen molar-refractivity contribution in [1.82, 2.24) is 37.7 Å². The first-order valence-corrected chi connectivity index (χ1v) is 17.3. The number of carbonyl (C=O) groups is 4. The van der Waals surface area contributed by atoms with Crippen molar-refractivity contribution in [3.8, 4) is 0 Å². The molecular formula is C32H65N7O7. The average molecular weight is 660 g/mol. The molecule has 0 aromatic heterocycles. The first kappa shape index (κ1) is 43.6. The van der Waals surface area contributed by atoms with Crippen LogP contribution in [-0.2, 0) is 33.7 Å². The Kier molecular flexibility index (Phi) is 30.9. The lowest BCUT2D eigenvalue weighted by Crippen LogP contribution is -2.47. The number of hydrogen-bond donors (Lipinski definition) is 7. The summed E-state index contributed by atoms with van der Waals surface area (Å²) in [5.41, 5.74) is 7.94. The summed E-state index contributed by atoms with van der Waals surface area (Å²) in [6, 6.07) is -0.822. The van der Waals surface area contributed by atoms with E-state index in [0.717, 1.165) is 77.0 Å². The van der Waals surface area contributed by atoms with E-state index in [2.05, 4.69) is 37.7 Å². The predicted molar refractivity (Wildman–Crippen MR) is 179 cm³/mol. The molecule has 2 unspecified atom stereocenters. The van der Waals surface area contributed by atoms with Gasteiger partial charge in [-0.1, -0.05) is 45.4 Å². The van der Waals surface area contributed by atoms with Gasteiger partial charge in [0, 0.05) is 59.5 Å². The van der Waals surface area contributed by atoms with Gasteiger partial charge >= 0.3 is 0 Å². The topological polar surface area (TPSA) is 180 Å². The van der Waals surface area contributed by atoms with Crippen molar-refractivity contribution in [2.75, 3.05) is 60.6 Å². The zero-order chi connectivity index (χ0) is 34.1. The van der Waals surface area contributed by atoms with Crippen LogP contribution in [0.3, 0.4) is 0 Å². The van der Waals surface area contributed by atoms with Crippen LogP contribution in [0.1, 0.15) is 110 Å². The quantitative estimate of drug-likeness (QED) is 0.0408. The molecule has 0 bridgehead atoms. The van der Waals surface area contributed by atoms with Crippen molar-refractivity contribution in [3.63, 3.8) is 0 Å². The molecule has 7 N–H and O–H groups in total. The van der Waals surface area contributed by atoms with Crippen LogP contribution in [0.5, 0.6) is 0 Å². The number of hydrogen-bond acceptors (Lipinski definition) is 10. The minimum atomic E-state index is -0.822. The zero-order valence-corrected chi connectivity index (χ0v) is 29.1. The first-order chi connectivity index (χ1) is 22.3.